The van der Waals surface area contributed by atoms with Gasteiger partial charge in [0.05, 0.1) is 5.92 Å². The van der Waals surface area contributed by atoms with Crippen LogP contribution in [0.1, 0.15) is 38.3 Å². The molecule has 0 aliphatic carbocycles. The van der Waals surface area contributed by atoms with E-state index in [2.05, 4.69) is 31.0 Å². The molecule has 5 heteroatoms. The normalized spacial score (nSPS) is 16.4. The number of aryl methyl sites for hydroxylation is 1. The number of amides is 2. The van der Waals surface area contributed by atoms with Crippen molar-refractivity contribution in [2.45, 2.75) is 46.7 Å². The van der Waals surface area contributed by atoms with Crippen molar-refractivity contribution in [3.8, 4) is 0 Å². The Morgan fingerprint density at radius 2 is 1.79 bits per heavy atom. The molecule has 0 radical (unpaired) electrons. The van der Waals surface area contributed by atoms with E-state index in [1.54, 1.807) is 4.90 Å². The van der Waals surface area contributed by atoms with E-state index in [1.807, 2.05) is 55.5 Å². The number of benzene rings is 2. The molecule has 1 aliphatic rings. The van der Waals surface area contributed by atoms with Crippen LogP contribution in [0.2, 0.25) is 0 Å². The fraction of sp³-hybridized carbons (Fsp3) is 0.417. The van der Waals surface area contributed by atoms with E-state index in [1.165, 1.54) is 5.56 Å². The summed E-state index contributed by atoms with van der Waals surface area (Å²) in [4.78, 5) is 29.1. The van der Waals surface area contributed by atoms with Crippen LogP contribution in [0.4, 0.5) is 11.4 Å². The Kier molecular flexibility index (Phi) is 6.57. The highest BCUT2D eigenvalue weighted by atomic mass is 16.2. The average molecular weight is 394 g/mol. The van der Waals surface area contributed by atoms with Crippen LogP contribution in [-0.2, 0) is 16.1 Å². The molecule has 1 fully saturated rings. The largest absolute Gasteiger partial charge is 0.369 e. The van der Waals surface area contributed by atoms with Gasteiger partial charge in [0.2, 0.25) is 11.8 Å². The lowest BCUT2D eigenvalue weighted by atomic mass is 10.1. The third-order valence-electron chi connectivity index (χ3n) is 5.51. The first kappa shape index (κ1) is 20.9. The quantitative estimate of drug-likeness (QED) is 0.766. The van der Waals surface area contributed by atoms with Gasteiger partial charge in [-0.3, -0.25) is 9.59 Å². The summed E-state index contributed by atoms with van der Waals surface area (Å²) in [5.41, 5.74) is 4.19. The molecular weight excluding hydrogens is 362 g/mol. The van der Waals surface area contributed by atoms with Crippen molar-refractivity contribution in [3.05, 3.63) is 59.7 Å². The third kappa shape index (κ3) is 5.17. The van der Waals surface area contributed by atoms with Gasteiger partial charge in [0.1, 0.15) is 0 Å². The molecule has 2 amide bonds. The summed E-state index contributed by atoms with van der Waals surface area (Å²) >= 11 is 0. The summed E-state index contributed by atoms with van der Waals surface area (Å²) < 4.78 is 0. The molecule has 2 aromatic rings. The van der Waals surface area contributed by atoms with Gasteiger partial charge in [-0.25, -0.2) is 0 Å². The third-order valence-corrected chi connectivity index (χ3v) is 5.51. The van der Waals surface area contributed by atoms with Crippen molar-refractivity contribution in [2.75, 3.05) is 23.3 Å². The number of rotatable bonds is 7. The maximum atomic E-state index is 12.7. The number of hydrogen-bond donors (Lipinski definition) is 1. The lowest BCUT2D eigenvalue weighted by Crippen LogP contribution is -2.30. The maximum absolute atomic E-state index is 12.7. The molecule has 1 unspecified atom stereocenters. The molecule has 1 aliphatic heterocycles. The first-order valence-corrected chi connectivity index (χ1v) is 10.4. The van der Waals surface area contributed by atoms with Crippen LogP contribution in [-0.4, -0.2) is 35.8 Å². The SMILES string of the molecule is CCN(c1ccc(NC(=O)C2CC(=O)N(Cc3ccc(C)cc3)C2)cc1)C(C)C. The summed E-state index contributed by atoms with van der Waals surface area (Å²) in [5.74, 6) is -0.360. The lowest BCUT2D eigenvalue weighted by Gasteiger charge is -2.27. The van der Waals surface area contributed by atoms with Gasteiger partial charge in [-0.15, -0.1) is 0 Å². The minimum atomic E-state index is -0.310. The second-order valence-corrected chi connectivity index (χ2v) is 8.08. The van der Waals surface area contributed by atoms with E-state index in [9.17, 15) is 9.59 Å². The minimum absolute atomic E-state index is 0.0385. The fourth-order valence-electron chi connectivity index (χ4n) is 3.84. The van der Waals surface area contributed by atoms with Gasteiger partial charge >= 0.3 is 0 Å². The van der Waals surface area contributed by atoms with Crippen LogP contribution in [0.5, 0.6) is 0 Å². The van der Waals surface area contributed by atoms with E-state index in [0.29, 0.717) is 19.1 Å². The van der Waals surface area contributed by atoms with Crippen LogP contribution in [0, 0.1) is 12.8 Å². The van der Waals surface area contributed by atoms with Gasteiger partial charge < -0.3 is 15.1 Å². The van der Waals surface area contributed by atoms with E-state index in [0.717, 1.165) is 23.5 Å². The zero-order chi connectivity index (χ0) is 21.0. The lowest BCUT2D eigenvalue weighted by molar-refractivity contribution is -0.128. The van der Waals surface area contributed by atoms with Crippen molar-refractivity contribution < 1.29 is 9.59 Å². The highest BCUT2D eigenvalue weighted by Crippen LogP contribution is 2.24. The van der Waals surface area contributed by atoms with Gasteiger partial charge in [-0.1, -0.05) is 29.8 Å². The van der Waals surface area contributed by atoms with Crippen molar-refractivity contribution in [3.63, 3.8) is 0 Å². The molecule has 0 saturated carbocycles. The Labute approximate surface area is 173 Å². The number of carbonyl (C=O) groups excluding carboxylic acids is 2. The molecule has 1 atom stereocenters. The smallest absolute Gasteiger partial charge is 0.229 e. The molecule has 1 saturated heterocycles. The molecule has 1 heterocycles. The highest BCUT2D eigenvalue weighted by molar-refractivity contribution is 5.97. The Morgan fingerprint density at radius 1 is 1.14 bits per heavy atom. The molecule has 1 N–H and O–H groups in total. The molecular formula is C24H31N3O2. The van der Waals surface area contributed by atoms with Crippen molar-refractivity contribution in [2.24, 2.45) is 5.92 Å². The zero-order valence-corrected chi connectivity index (χ0v) is 17.8. The number of hydrogen-bond acceptors (Lipinski definition) is 3. The Morgan fingerprint density at radius 3 is 2.38 bits per heavy atom. The van der Waals surface area contributed by atoms with Crippen LogP contribution in [0.3, 0.4) is 0 Å². The Balaban J connectivity index is 1.58. The molecule has 0 bridgehead atoms. The number of likely N-dealkylation sites (tertiary alicyclic amines) is 1. The van der Waals surface area contributed by atoms with Crippen LogP contribution in [0.25, 0.3) is 0 Å². The second-order valence-electron chi connectivity index (χ2n) is 8.08. The topological polar surface area (TPSA) is 52.7 Å². The Hall–Kier alpha value is -2.82. The molecule has 2 aromatic carbocycles. The number of nitrogens with zero attached hydrogens (tertiary/aromatic N) is 2. The summed E-state index contributed by atoms with van der Waals surface area (Å²) in [5, 5.41) is 2.97. The number of anilines is 2. The molecule has 5 nitrogen and oxygen atoms in total. The second kappa shape index (κ2) is 9.12. The van der Waals surface area contributed by atoms with Gasteiger partial charge in [0, 0.05) is 43.5 Å². The predicted molar refractivity (Wildman–Crippen MR) is 118 cm³/mol. The first-order valence-electron chi connectivity index (χ1n) is 10.4. The first-order chi connectivity index (χ1) is 13.9. The molecule has 0 spiro atoms. The van der Waals surface area contributed by atoms with E-state index >= 15 is 0 Å². The monoisotopic (exact) mass is 393 g/mol. The Bertz CT molecular complexity index is 843. The van der Waals surface area contributed by atoms with Gasteiger partial charge in [0.15, 0.2) is 0 Å². The molecule has 0 aromatic heterocycles. The van der Waals surface area contributed by atoms with Gasteiger partial charge in [-0.2, -0.15) is 0 Å². The van der Waals surface area contributed by atoms with E-state index in [-0.39, 0.29) is 24.2 Å². The predicted octanol–water partition coefficient (Wildman–Crippen LogP) is 4.22. The highest BCUT2D eigenvalue weighted by Gasteiger charge is 2.34. The van der Waals surface area contributed by atoms with Gasteiger partial charge in [0.25, 0.3) is 0 Å². The van der Waals surface area contributed by atoms with E-state index in [4.69, 9.17) is 0 Å². The fourth-order valence-corrected chi connectivity index (χ4v) is 3.84. The summed E-state index contributed by atoms with van der Waals surface area (Å²) in [6, 6.07) is 16.5. The van der Waals surface area contributed by atoms with E-state index < -0.39 is 0 Å². The van der Waals surface area contributed by atoms with Crippen LogP contribution in [0.15, 0.2) is 48.5 Å². The summed E-state index contributed by atoms with van der Waals surface area (Å²) in [6.45, 7) is 10.5. The maximum Gasteiger partial charge on any atom is 0.229 e. The average Bonchev–Trinajstić information content (AvgIpc) is 3.06. The molecule has 3 rings (SSSR count). The zero-order valence-electron chi connectivity index (χ0n) is 17.8. The summed E-state index contributed by atoms with van der Waals surface area (Å²) in [6.07, 6.45) is 0.271. The van der Waals surface area contributed by atoms with Gasteiger partial charge in [-0.05, 0) is 57.5 Å². The van der Waals surface area contributed by atoms with Crippen molar-refractivity contribution in [1.82, 2.24) is 4.90 Å². The van der Waals surface area contributed by atoms with Crippen molar-refractivity contribution >= 4 is 23.2 Å². The molecule has 29 heavy (non-hydrogen) atoms. The number of carbonyl (C=O) groups is 2. The number of nitrogens with one attached hydrogen (secondary N) is 1. The van der Waals surface area contributed by atoms with Crippen LogP contribution < -0.4 is 10.2 Å². The van der Waals surface area contributed by atoms with Crippen LogP contribution >= 0.6 is 0 Å². The van der Waals surface area contributed by atoms with Crippen molar-refractivity contribution in [1.29, 1.82) is 0 Å². The minimum Gasteiger partial charge on any atom is -0.369 e. The molecule has 154 valence electrons. The summed E-state index contributed by atoms with van der Waals surface area (Å²) in [7, 11) is 0. The standard InChI is InChI=1S/C24H31N3O2/c1-5-27(17(2)3)22-12-10-21(11-13-22)25-24(29)20-14-23(28)26(16-20)15-19-8-6-18(4)7-9-19/h6-13,17,20H,5,14-16H2,1-4H3,(H,25,29).